The number of aromatic nitrogens is 5. The van der Waals surface area contributed by atoms with E-state index in [1.165, 1.54) is 0 Å². The predicted octanol–water partition coefficient (Wildman–Crippen LogP) is 3.17. The molecule has 1 saturated heterocycles. The van der Waals surface area contributed by atoms with Gasteiger partial charge in [-0.3, -0.25) is 9.59 Å². The molecule has 1 amide bonds. The summed E-state index contributed by atoms with van der Waals surface area (Å²) in [6.07, 6.45) is 2.07. The third-order valence-corrected chi connectivity index (χ3v) is 6.21. The quantitative estimate of drug-likeness (QED) is 0.491. The molecule has 0 saturated carbocycles. The predicted molar refractivity (Wildman–Crippen MR) is 125 cm³/mol. The van der Waals surface area contributed by atoms with Crippen molar-refractivity contribution in [1.29, 1.82) is 0 Å². The Morgan fingerprint density at radius 2 is 1.94 bits per heavy atom. The van der Waals surface area contributed by atoms with Crippen molar-refractivity contribution in [2.75, 3.05) is 13.1 Å². The van der Waals surface area contributed by atoms with Gasteiger partial charge in [0, 0.05) is 24.0 Å². The molecule has 1 aliphatic heterocycles. The van der Waals surface area contributed by atoms with Crippen LogP contribution in [0.25, 0.3) is 11.2 Å². The summed E-state index contributed by atoms with van der Waals surface area (Å²) in [4.78, 5) is 35.0. The summed E-state index contributed by atoms with van der Waals surface area (Å²) in [5.41, 5.74) is 2.25. The standard InChI is InChI=1S/C24H23ClN6O2/c25-19-10-4-8-17(12-19)14-31-23-21(28-29-31)24(33)27-22(26-23)18-9-5-11-30(15-18)20(32)13-16-6-2-1-3-7-16/h1-4,6-8,10,12,18H,5,9,11,13-15H2,(H,26,27,33)/t18-/m0/s1. The molecular formula is C24H23ClN6O2. The maximum absolute atomic E-state index is 12.9. The molecule has 0 bridgehead atoms. The normalized spacial score (nSPS) is 16.3. The van der Waals surface area contributed by atoms with Crippen molar-refractivity contribution in [2.24, 2.45) is 0 Å². The fourth-order valence-corrected chi connectivity index (χ4v) is 4.51. The largest absolute Gasteiger partial charge is 0.342 e. The van der Waals surface area contributed by atoms with Gasteiger partial charge in [-0.2, -0.15) is 0 Å². The molecule has 0 aliphatic carbocycles. The highest BCUT2D eigenvalue weighted by molar-refractivity contribution is 6.30. The number of hydrogen-bond acceptors (Lipinski definition) is 5. The van der Waals surface area contributed by atoms with Crippen molar-refractivity contribution in [3.63, 3.8) is 0 Å². The van der Waals surface area contributed by atoms with Crippen LogP contribution in [-0.4, -0.2) is 48.9 Å². The third-order valence-electron chi connectivity index (χ3n) is 5.97. The number of halogens is 1. The smallest absolute Gasteiger partial charge is 0.281 e. The van der Waals surface area contributed by atoms with E-state index in [1.54, 1.807) is 10.7 Å². The van der Waals surface area contributed by atoms with Crippen LogP contribution in [0.2, 0.25) is 5.02 Å². The number of carbonyl (C=O) groups excluding carboxylic acids is 1. The molecule has 9 heteroatoms. The zero-order valence-electron chi connectivity index (χ0n) is 17.9. The Morgan fingerprint density at radius 3 is 2.76 bits per heavy atom. The fourth-order valence-electron chi connectivity index (χ4n) is 4.30. The maximum Gasteiger partial charge on any atom is 0.281 e. The van der Waals surface area contributed by atoms with Crippen molar-refractivity contribution in [3.8, 4) is 0 Å². The highest BCUT2D eigenvalue weighted by Crippen LogP contribution is 2.25. The molecule has 1 aliphatic rings. The first-order valence-corrected chi connectivity index (χ1v) is 11.3. The van der Waals surface area contributed by atoms with Gasteiger partial charge in [0.05, 0.1) is 13.0 Å². The average molecular weight is 463 g/mol. The van der Waals surface area contributed by atoms with Gasteiger partial charge in [-0.25, -0.2) is 9.67 Å². The molecule has 0 radical (unpaired) electrons. The Hall–Kier alpha value is -3.52. The summed E-state index contributed by atoms with van der Waals surface area (Å²) >= 11 is 6.10. The molecule has 0 spiro atoms. The molecule has 4 aromatic rings. The number of likely N-dealkylation sites (tertiary alicyclic amines) is 1. The zero-order valence-corrected chi connectivity index (χ0v) is 18.7. The number of amides is 1. The summed E-state index contributed by atoms with van der Waals surface area (Å²) in [6, 6.07) is 17.2. The van der Waals surface area contributed by atoms with E-state index in [0.29, 0.717) is 42.5 Å². The third kappa shape index (κ3) is 4.66. The monoisotopic (exact) mass is 462 g/mol. The maximum atomic E-state index is 12.9. The second kappa shape index (κ2) is 9.15. The van der Waals surface area contributed by atoms with Gasteiger partial charge < -0.3 is 9.88 Å². The first-order valence-electron chi connectivity index (χ1n) is 11.0. The molecule has 1 atom stereocenters. The minimum absolute atomic E-state index is 0.0508. The molecule has 1 N–H and O–H groups in total. The summed E-state index contributed by atoms with van der Waals surface area (Å²) < 4.78 is 1.61. The lowest BCUT2D eigenvalue weighted by Gasteiger charge is -2.32. The molecule has 8 nitrogen and oxygen atoms in total. The van der Waals surface area contributed by atoms with Gasteiger partial charge >= 0.3 is 0 Å². The minimum atomic E-state index is -0.319. The highest BCUT2D eigenvalue weighted by Gasteiger charge is 2.27. The molecule has 2 aromatic carbocycles. The van der Waals surface area contributed by atoms with Gasteiger partial charge in [-0.05, 0) is 36.1 Å². The van der Waals surface area contributed by atoms with Crippen LogP contribution < -0.4 is 5.56 Å². The summed E-state index contributed by atoms with van der Waals surface area (Å²) in [5, 5.41) is 8.79. The lowest BCUT2D eigenvalue weighted by molar-refractivity contribution is -0.131. The van der Waals surface area contributed by atoms with E-state index in [2.05, 4.69) is 15.3 Å². The molecule has 1 fully saturated rings. The summed E-state index contributed by atoms with van der Waals surface area (Å²) in [5.74, 6) is 0.603. The molecule has 5 rings (SSSR count). The van der Waals surface area contributed by atoms with Crippen LogP contribution in [0.3, 0.4) is 0 Å². The Bertz CT molecular complexity index is 1350. The first-order chi connectivity index (χ1) is 16.1. The second-order valence-corrected chi connectivity index (χ2v) is 8.78. The molecule has 0 unspecified atom stereocenters. The van der Waals surface area contributed by atoms with Crippen molar-refractivity contribution in [3.05, 3.63) is 86.9 Å². The van der Waals surface area contributed by atoms with E-state index in [1.807, 2.05) is 53.4 Å². The number of H-pyrrole nitrogens is 1. The van der Waals surface area contributed by atoms with Crippen molar-refractivity contribution >= 4 is 28.7 Å². The molecule has 2 aromatic heterocycles. The van der Waals surface area contributed by atoms with E-state index in [0.717, 1.165) is 24.0 Å². The average Bonchev–Trinajstić information content (AvgIpc) is 3.23. The molecular weight excluding hydrogens is 440 g/mol. The van der Waals surface area contributed by atoms with Crippen molar-refractivity contribution in [1.82, 2.24) is 29.9 Å². The fraction of sp³-hybridized carbons (Fsp3) is 0.292. The van der Waals surface area contributed by atoms with Gasteiger partial charge in [0.1, 0.15) is 5.82 Å². The van der Waals surface area contributed by atoms with E-state index >= 15 is 0 Å². The number of nitrogens with one attached hydrogen (secondary N) is 1. The number of nitrogens with zero attached hydrogens (tertiary/aromatic N) is 5. The number of piperidine rings is 1. The minimum Gasteiger partial charge on any atom is -0.342 e. The van der Waals surface area contributed by atoms with E-state index in [4.69, 9.17) is 16.6 Å². The number of hydrogen-bond donors (Lipinski definition) is 1. The number of fused-ring (bicyclic) bond motifs is 1. The second-order valence-electron chi connectivity index (χ2n) is 8.34. The van der Waals surface area contributed by atoms with Crippen LogP contribution in [-0.2, 0) is 17.8 Å². The van der Waals surface area contributed by atoms with Crippen LogP contribution in [0, 0.1) is 0 Å². The van der Waals surface area contributed by atoms with Gasteiger partial charge in [0.2, 0.25) is 5.91 Å². The number of rotatable bonds is 5. The Morgan fingerprint density at radius 1 is 1.12 bits per heavy atom. The van der Waals surface area contributed by atoms with Gasteiger partial charge in [-0.15, -0.1) is 5.10 Å². The SMILES string of the molecule is O=C(Cc1ccccc1)N1CCC[C@H](c2nc3c(nnn3Cc3cccc(Cl)c3)c(=O)[nH]2)C1. The number of carbonyl (C=O) groups is 1. The van der Waals surface area contributed by atoms with Crippen molar-refractivity contribution < 1.29 is 4.79 Å². The Balaban J connectivity index is 1.38. The van der Waals surface area contributed by atoms with E-state index in [-0.39, 0.29) is 22.9 Å². The lowest BCUT2D eigenvalue weighted by atomic mass is 9.96. The summed E-state index contributed by atoms with van der Waals surface area (Å²) in [7, 11) is 0. The van der Waals surface area contributed by atoms with E-state index in [9.17, 15) is 9.59 Å². The highest BCUT2D eigenvalue weighted by atomic mass is 35.5. The lowest BCUT2D eigenvalue weighted by Crippen LogP contribution is -2.40. The first kappa shape index (κ1) is 21.3. The van der Waals surface area contributed by atoms with Gasteiger partial charge in [0.15, 0.2) is 11.2 Å². The van der Waals surface area contributed by atoms with Crippen LogP contribution in [0.15, 0.2) is 59.4 Å². The van der Waals surface area contributed by atoms with Crippen molar-refractivity contribution in [2.45, 2.75) is 31.7 Å². The van der Waals surface area contributed by atoms with Crippen LogP contribution in [0.1, 0.15) is 35.7 Å². The Labute approximate surface area is 195 Å². The molecule has 3 heterocycles. The zero-order chi connectivity index (χ0) is 22.8. The van der Waals surface area contributed by atoms with Gasteiger partial charge in [0.25, 0.3) is 5.56 Å². The van der Waals surface area contributed by atoms with Crippen LogP contribution in [0.5, 0.6) is 0 Å². The number of aromatic amines is 1. The van der Waals surface area contributed by atoms with E-state index < -0.39 is 0 Å². The van der Waals surface area contributed by atoms with Crippen LogP contribution >= 0.6 is 11.6 Å². The summed E-state index contributed by atoms with van der Waals surface area (Å²) in [6.45, 7) is 1.64. The topological polar surface area (TPSA) is 96.8 Å². The molecule has 33 heavy (non-hydrogen) atoms. The molecule has 168 valence electrons. The van der Waals surface area contributed by atoms with Crippen LogP contribution in [0.4, 0.5) is 0 Å². The number of benzene rings is 2. The van der Waals surface area contributed by atoms with Gasteiger partial charge in [-0.1, -0.05) is 59.3 Å². The Kier molecular flexibility index (Phi) is 5.92.